The lowest BCUT2D eigenvalue weighted by Gasteiger charge is -2.29. The van der Waals surface area contributed by atoms with Crippen LogP contribution in [0.25, 0.3) is 0 Å². The molecule has 0 heterocycles. The Bertz CT molecular complexity index is 256. The van der Waals surface area contributed by atoms with E-state index in [0.29, 0.717) is 5.92 Å². The highest BCUT2D eigenvalue weighted by atomic mass is 16.5. The van der Waals surface area contributed by atoms with Gasteiger partial charge in [-0.2, -0.15) is 5.26 Å². The Kier molecular flexibility index (Phi) is 6.75. The second kappa shape index (κ2) is 7.24. The van der Waals surface area contributed by atoms with Crippen molar-refractivity contribution in [1.82, 2.24) is 4.90 Å². The average Bonchev–Trinajstić information content (AvgIpc) is 2.16. The average molecular weight is 226 g/mol. The van der Waals surface area contributed by atoms with Crippen LogP contribution < -0.4 is 0 Å². The van der Waals surface area contributed by atoms with Crippen LogP contribution in [0.5, 0.6) is 0 Å². The van der Waals surface area contributed by atoms with Gasteiger partial charge in [0.2, 0.25) is 0 Å². The zero-order valence-electron chi connectivity index (χ0n) is 10.9. The van der Waals surface area contributed by atoms with E-state index in [4.69, 9.17) is 5.26 Å². The number of carbonyl (C=O) groups excluding carboxylic acids is 1. The first-order valence-electron chi connectivity index (χ1n) is 5.62. The van der Waals surface area contributed by atoms with Crippen molar-refractivity contribution in [2.75, 3.05) is 20.2 Å². The summed E-state index contributed by atoms with van der Waals surface area (Å²) in [6.45, 7) is 9.02. The van der Waals surface area contributed by atoms with Gasteiger partial charge in [-0.25, -0.2) is 0 Å². The Morgan fingerprint density at radius 3 is 2.25 bits per heavy atom. The minimum absolute atomic E-state index is 0.186. The quantitative estimate of drug-likeness (QED) is 0.646. The zero-order chi connectivity index (χ0) is 12.7. The highest BCUT2D eigenvalue weighted by Gasteiger charge is 2.24. The lowest BCUT2D eigenvalue weighted by atomic mass is 10.0. The Labute approximate surface area is 98.2 Å². The molecule has 0 aliphatic heterocycles. The molecule has 0 N–H and O–H groups in total. The maximum Gasteiger partial charge on any atom is 0.319 e. The van der Waals surface area contributed by atoms with Crippen LogP contribution in [0.1, 0.15) is 27.7 Å². The van der Waals surface area contributed by atoms with Gasteiger partial charge >= 0.3 is 5.97 Å². The number of carbonyl (C=O) groups is 1. The standard InChI is InChI=1S/C12H22N2O2/c1-9(2)7-14(8-12(15)16-5)11(6-13)10(3)4/h9-11H,7-8H2,1-5H3. The Morgan fingerprint density at radius 2 is 1.94 bits per heavy atom. The predicted octanol–water partition coefficient (Wildman–Crippen LogP) is 1.67. The van der Waals surface area contributed by atoms with Crippen LogP contribution >= 0.6 is 0 Å². The van der Waals surface area contributed by atoms with Gasteiger partial charge in [0.15, 0.2) is 0 Å². The van der Waals surface area contributed by atoms with Gasteiger partial charge in [0.05, 0.1) is 19.7 Å². The van der Waals surface area contributed by atoms with Crippen LogP contribution in [0, 0.1) is 23.2 Å². The van der Waals surface area contributed by atoms with Crippen molar-refractivity contribution < 1.29 is 9.53 Å². The molecule has 1 atom stereocenters. The Balaban J connectivity index is 4.64. The second-order valence-electron chi connectivity index (χ2n) is 4.72. The summed E-state index contributed by atoms with van der Waals surface area (Å²) in [5, 5.41) is 9.12. The summed E-state index contributed by atoms with van der Waals surface area (Å²) in [4.78, 5) is 13.2. The molecule has 0 fully saturated rings. The largest absolute Gasteiger partial charge is 0.468 e. The number of ether oxygens (including phenoxy) is 1. The second-order valence-corrected chi connectivity index (χ2v) is 4.72. The molecule has 0 spiro atoms. The third kappa shape index (κ3) is 5.13. The summed E-state index contributed by atoms with van der Waals surface area (Å²) < 4.78 is 4.65. The van der Waals surface area contributed by atoms with Crippen LogP contribution in [-0.4, -0.2) is 37.1 Å². The Morgan fingerprint density at radius 1 is 1.38 bits per heavy atom. The van der Waals surface area contributed by atoms with E-state index >= 15 is 0 Å². The van der Waals surface area contributed by atoms with E-state index in [0.717, 1.165) is 6.54 Å². The van der Waals surface area contributed by atoms with Crippen LogP contribution in [0.4, 0.5) is 0 Å². The van der Waals surface area contributed by atoms with Gasteiger partial charge in [-0.1, -0.05) is 27.7 Å². The summed E-state index contributed by atoms with van der Waals surface area (Å²) in [5.41, 5.74) is 0. The Hall–Kier alpha value is -1.08. The molecule has 0 aromatic carbocycles. The topological polar surface area (TPSA) is 53.3 Å². The van der Waals surface area contributed by atoms with Gasteiger partial charge in [0.1, 0.15) is 6.04 Å². The molecule has 0 saturated heterocycles. The van der Waals surface area contributed by atoms with Gasteiger partial charge in [-0.3, -0.25) is 9.69 Å². The first-order valence-corrected chi connectivity index (χ1v) is 5.62. The van der Waals surface area contributed by atoms with Crippen LogP contribution in [0.3, 0.4) is 0 Å². The molecular weight excluding hydrogens is 204 g/mol. The molecule has 92 valence electrons. The molecule has 4 heteroatoms. The van der Waals surface area contributed by atoms with E-state index in [-0.39, 0.29) is 24.5 Å². The van der Waals surface area contributed by atoms with E-state index in [9.17, 15) is 4.79 Å². The number of nitriles is 1. The van der Waals surface area contributed by atoms with Gasteiger partial charge in [0, 0.05) is 6.54 Å². The fraction of sp³-hybridized carbons (Fsp3) is 0.833. The van der Waals surface area contributed by atoms with E-state index in [1.165, 1.54) is 7.11 Å². The van der Waals surface area contributed by atoms with Crippen molar-refractivity contribution >= 4 is 5.97 Å². The minimum Gasteiger partial charge on any atom is -0.468 e. The maximum absolute atomic E-state index is 11.3. The lowest BCUT2D eigenvalue weighted by molar-refractivity contribution is -0.142. The summed E-state index contributed by atoms with van der Waals surface area (Å²) in [7, 11) is 1.37. The molecule has 0 rings (SSSR count). The molecule has 0 bridgehead atoms. The highest BCUT2D eigenvalue weighted by molar-refractivity contribution is 5.71. The summed E-state index contributed by atoms with van der Waals surface area (Å²) in [6.07, 6.45) is 0. The maximum atomic E-state index is 11.3. The molecule has 0 aromatic heterocycles. The predicted molar refractivity (Wildman–Crippen MR) is 62.7 cm³/mol. The number of hydrogen-bond donors (Lipinski definition) is 0. The summed E-state index contributed by atoms with van der Waals surface area (Å²) in [6, 6.07) is 2.02. The van der Waals surface area contributed by atoms with Gasteiger partial charge in [-0.15, -0.1) is 0 Å². The van der Waals surface area contributed by atoms with Crippen molar-refractivity contribution in [1.29, 1.82) is 5.26 Å². The van der Waals surface area contributed by atoms with Crippen LogP contribution in [0.2, 0.25) is 0 Å². The highest BCUT2D eigenvalue weighted by Crippen LogP contribution is 2.12. The normalized spacial score (nSPS) is 12.9. The molecule has 0 radical (unpaired) electrons. The van der Waals surface area contributed by atoms with Crippen molar-refractivity contribution in [2.45, 2.75) is 33.7 Å². The van der Waals surface area contributed by atoms with E-state index in [1.54, 1.807) is 0 Å². The van der Waals surface area contributed by atoms with Gasteiger partial charge in [-0.05, 0) is 11.8 Å². The van der Waals surface area contributed by atoms with Crippen molar-refractivity contribution in [3.63, 3.8) is 0 Å². The molecule has 0 amide bonds. The van der Waals surface area contributed by atoms with Crippen molar-refractivity contribution in [3.05, 3.63) is 0 Å². The first kappa shape index (κ1) is 14.9. The van der Waals surface area contributed by atoms with Gasteiger partial charge < -0.3 is 4.74 Å². The number of esters is 1. The number of nitrogens with zero attached hydrogens (tertiary/aromatic N) is 2. The minimum atomic E-state index is -0.290. The van der Waals surface area contributed by atoms with Gasteiger partial charge in [0.25, 0.3) is 0 Å². The van der Waals surface area contributed by atoms with E-state index in [1.807, 2.05) is 18.7 Å². The molecule has 0 aliphatic rings. The smallest absolute Gasteiger partial charge is 0.319 e. The number of rotatable bonds is 6. The number of hydrogen-bond acceptors (Lipinski definition) is 4. The summed E-state index contributed by atoms with van der Waals surface area (Å²) >= 11 is 0. The molecular formula is C12H22N2O2. The molecule has 4 nitrogen and oxygen atoms in total. The molecule has 0 aliphatic carbocycles. The lowest BCUT2D eigenvalue weighted by Crippen LogP contribution is -2.43. The van der Waals surface area contributed by atoms with E-state index in [2.05, 4.69) is 24.7 Å². The third-order valence-electron chi connectivity index (χ3n) is 2.32. The molecule has 0 aromatic rings. The fourth-order valence-electron chi connectivity index (χ4n) is 1.63. The monoisotopic (exact) mass is 226 g/mol. The van der Waals surface area contributed by atoms with Crippen LogP contribution in [-0.2, 0) is 9.53 Å². The SMILES string of the molecule is COC(=O)CN(CC(C)C)C(C#N)C(C)C. The van der Waals surface area contributed by atoms with Crippen LogP contribution in [0.15, 0.2) is 0 Å². The fourth-order valence-corrected chi connectivity index (χ4v) is 1.63. The molecule has 1 unspecified atom stereocenters. The number of methoxy groups -OCH3 is 1. The molecule has 16 heavy (non-hydrogen) atoms. The molecule has 0 saturated carbocycles. The summed E-state index contributed by atoms with van der Waals surface area (Å²) in [5.74, 6) is 0.328. The van der Waals surface area contributed by atoms with E-state index < -0.39 is 0 Å². The zero-order valence-corrected chi connectivity index (χ0v) is 10.9. The first-order chi connectivity index (χ1) is 7.42. The van der Waals surface area contributed by atoms with Crippen molar-refractivity contribution in [3.8, 4) is 6.07 Å². The van der Waals surface area contributed by atoms with Crippen molar-refractivity contribution in [2.24, 2.45) is 11.8 Å². The third-order valence-corrected chi connectivity index (χ3v) is 2.32.